The molecule has 0 aromatic heterocycles. The molecule has 3 rings (SSSR count). The van der Waals surface area contributed by atoms with E-state index in [9.17, 15) is 4.79 Å². The van der Waals surface area contributed by atoms with Gasteiger partial charge in [-0.1, -0.05) is 73.5 Å². The molecule has 3 nitrogen and oxygen atoms in total. The van der Waals surface area contributed by atoms with E-state index in [2.05, 4.69) is 66.4 Å². The molecule has 0 aliphatic heterocycles. The number of ether oxygens (including phenoxy) is 1. The van der Waals surface area contributed by atoms with Crippen LogP contribution in [0.4, 0.5) is 0 Å². The predicted octanol–water partition coefficient (Wildman–Crippen LogP) is 4.98. The van der Waals surface area contributed by atoms with Crippen LogP contribution in [0.3, 0.4) is 0 Å². The number of hydrogen-bond donors (Lipinski definition) is 0. The zero-order chi connectivity index (χ0) is 18.4. The van der Waals surface area contributed by atoms with Gasteiger partial charge in [-0.25, -0.2) is 0 Å². The van der Waals surface area contributed by atoms with Crippen LogP contribution in [0.2, 0.25) is 0 Å². The monoisotopic (exact) mass is 351 g/mol. The molecule has 1 aliphatic carbocycles. The smallest absolute Gasteiger partial charge is 0.310 e. The lowest BCUT2D eigenvalue weighted by Crippen LogP contribution is -2.46. The summed E-state index contributed by atoms with van der Waals surface area (Å²) in [5, 5.41) is 0. The molecule has 1 fully saturated rings. The minimum absolute atomic E-state index is 0.0383. The van der Waals surface area contributed by atoms with Gasteiger partial charge >= 0.3 is 5.97 Å². The molecule has 3 heteroatoms. The van der Waals surface area contributed by atoms with E-state index in [0.29, 0.717) is 0 Å². The van der Waals surface area contributed by atoms with Crippen LogP contribution in [0.1, 0.15) is 49.8 Å². The number of carbonyl (C=O) groups excluding carboxylic acids is 1. The van der Waals surface area contributed by atoms with Crippen LogP contribution < -0.4 is 0 Å². The zero-order valence-corrected chi connectivity index (χ0v) is 15.8. The first-order valence-electron chi connectivity index (χ1n) is 9.63. The maximum absolute atomic E-state index is 12.4. The fraction of sp³-hybridized carbons (Fsp3) is 0.435. The molecule has 0 N–H and O–H groups in total. The SMILES string of the molecule is COC(=O)[C@@H]1CCCC[C@@H]1N(Cc1ccccc1)C(C)c1ccccc1. The summed E-state index contributed by atoms with van der Waals surface area (Å²) < 4.78 is 5.14. The summed E-state index contributed by atoms with van der Waals surface area (Å²) in [6.45, 7) is 3.09. The molecule has 2 aromatic rings. The van der Waals surface area contributed by atoms with Crippen LogP contribution in [0.15, 0.2) is 60.7 Å². The van der Waals surface area contributed by atoms with Crippen molar-refractivity contribution in [1.29, 1.82) is 0 Å². The number of rotatable bonds is 6. The Balaban J connectivity index is 1.91. The lowest BCUT2D eigenvalue weighted by molar-refractivity contribution is -0.150. The van der Waals surface area contributed by atoms with Crippen molar-refractivity contribution in [3.05, 3.63) is 71.8 Å². The third kappa shape index (κ3) is 4.34. The molecule has 0 radical (unpaired) electrons. The number of benzene rings is 2. The minimum Gasteiger partial charge on any atom is -0.469 e. The van der Waals surface area contributed by atoms with E-state index in [1.165, 1.54) is 24.7 Å². The first-order chi connectivity index (χ1) is 12.7. The van der Waals surface area contributed by atoms with E-state index >= 15 is 0 Å². The van der Waals surface area contributed by atoms with Gasteiger partial charge in [0.2, 0.25) is 0 Å². The van der Waals surface area contributed by atoms with Crippen LogP contribution in [0.5, 0.6) is 0 Å². The normalized spacial score (nSPS) is 21.3. The molecule has 138 valence electrons. The Bertz CT molecular complexity index is 686. The molecule has 0 bridgehead atoms. The van der Waals surface area contributed by atoms with E-state index in [4.69, 9.17) is 4.74 Å². The summed E-state index contributed by atoms with van der Waals surface area (Å²) in [4.78, 5) is 14.9. The van der Waals surface area contributed by atoms with E-state index in [0.717, 1.165) is 25.8 Å². The summed E-state index contributed by atoms with van der Waals surface area (Å²) in [6.07, 6.45) is 4.24. The van der Waals surface area contributed by atoms with Crippen molar-refractivity contribution in [3.8, 4) is 0 Å². The van der Waals surface area contributed by atoms with Crippen molar-refractivity contribution in [2.24, 2.45) is 5.92 Å². The van der Waals surface area contributed by atoms with Crippen molar-refractivity contribution in [2.45, 2.75) is 51.2 Å². The molecule has 1 aliphatic rings. The van der Waals surface area contributed by atoms with Crippen molar-refractivity contribution < 1.29 is 9.53 Å². The molecule has 0 saturated heterocycles. The van der Waals surface area contributed by atoms with Gasteiger partial charge in [0, 0.05) is 18.6 Å². The molecule has 0 amide bonds. The molecular weight excluding hydrogens is 322 g/mol. The highest BCUT2D eigenvalue weighted by Crippen LogP contribution is 2.35. The Morgan fingerprint density at radius 3 is 2.31 bits per heavy atom. The van der Waals surface area contributed by atoms with Gasteiger partial charge in [-0.05, 0) is 30.9 Å². The third-order valence-electron chi connectivity index (χ3n) is 5.65. The van der Waals surface area contributed by atoms with Crippen LogP contribution in [-0.4, -0.2) is 24.0 Å². The largest absolute Gasteiger partial charge is 0.469 e. The molecule has 0 heterocycles. The second kappa shape index (κ2) is 9.00. The van der Waals surface area contributed by atoms with Gasteiger partial charge in [0.15, 0.2) is 0 Å². The number of methoxy groups -OCH3 is 1. The van der Waals surface area contributed by atoms with Gasteiger partial charge in [-0.2, -0.15) is 0 Å². The van der Waals surface area contributed by atoms with Gasteiger partial charge in [-0.15, -0.1) is 0 Å². The first-order valence-corrected chi connectivity index (χ1v) is 9.63. The molecule has 0 spiro atoms. The summed E-state index contributed by atoms with van der Waals surface area (Å²) >= 11 is 0. The zero-order valence-electron chi connectivity index (χ0n) is 15.8. The molecule has 26 heavy (non-hydrogen) atoms. The van der Waals surface area contributed by atoms with E-state index in [-0.39, 0.29) is 24.0 Å². The average Bonchev–Trinajstić information content (AvgIpc) is 2.72. The van der Waals surface area contributed by atoms with E-state index in [1.807, 2.05) is 6.07 Å². The first kappa shape index (κ1) is 18.7. The highest BCUT2D eigenvalue weighted by Gasteiger charge is 2.37. The maximum atomic E-state index is 12.4. The molecule has 2 aromatic carbocycles. The van der Waals surface area contributed by atoms with Gasteiger partial charge in [0.1, 0.15) is 0 Å². The lowest BCUT2D eigenvalue weighted by Gasteiger charge is -2.42. The molecule has 1 unspecified atom stereocenters. The molecule has 1 saturated carbocycles. The maximum Gasteiger partial charge on any atom is 0.310 e. The van der Waals surface area contributed by atoms with Crippen molar-refractivity contribution >= 4 is 5.97 Å². The number of carbonyl (C=O) groups is 1. The topological polar surface area (TPSA) is 29.5 Å². The van der Waals surface area contributed by atoms with Crippen molar-refractivity contribution in [1.82, 2.24) is 4.90 Å². The average molecular weight is 351 g/mol. The van der Waals surface area contributed by atoms with E-state index in [1.54, 1.807) is 0 Å². The number of esters is 1. The second-order valence-electron chi connectivity index (χ2n) is 7.23. The van der Waals surface area contributed by atoms with Crippen LogP contribution >= 0.6 is 0 Å². The van der Waals surface area contributed by atoms with Crippen molar-refractivity contribution in [3.63, 3.8) is 0 Å². The Kier molecular flexibility index (Phi) is 6.45. The summed E-state index contributed by atoms with van der Waals surface area (Å²) in [6, 6.07) is 21.6. The second-order valence-corrected chi connectivity index (χ2v) is 7.23. The Morgan fingerprint density at radius 1 is 1.04 bits per heavy atom. The van der Waals surface area contributed by atoms with Crippen LogP contribution in [0, 0.1) is 5.92 Å². The fourth-order valence-corrected chi connectivity index (χ4v) is 4.19. The van der Waals surface area contributed by atoms with Crippen molar-refractivity contribution in [2.75, 3.05) is 7.11 Å². The van der Waals surface area contributed by atoms with Crippen LogP contribution in [-0.2, 0) is 16.1 Å². The van der Waals surface area contributed by atoms with Gasteiger partial charge in [0.05, 0.1) is 13.0 Å². The highest BCUT2D eigenvalue weighted by molar-refractivity contribution is 5.73. The van der Waals surface area contributed by atoms with E-state index < -0.39 is 0 Å². The number of hydrogen-bond acceptors (Lipinski definition) is 3. The standard InChI is InChI=1S/C23H29NO2/c1-18(20-13-7-4-8-14-20)24(17-19-11-5-3-6-12-19)22-16-10-9-15-21(22)23(25)26-2/h3-8,11-14,18,21-22H,9-10,15-17H2,1-2H3/t18?,21-,22+/m1/s1. The van der Waals surface area contributed by atoms with Crippen LogP contribution in [0.25, 0.3) is 0 Å². The summed E-state index contributed by atoms with van der Waals surface area (Å²) in [5.74, 6) is -0.100. The Labute approximate surface area is 157 Å². The van der Waals surface area contributed by atoms with Gasteiger partial charge < -0.3 is 4.74 Å². The summed E-state index contributed by atoms with van der Waals surface area (Å²) in [5.41, 5.74) is 2.57. The quantitative estimate of drug-likeness (QED) is 0.687. The predicted molar refractivity (Wildman–Crippen MR) is 105 cm³/mol. The summed E-state index contributed by atoms with van der Waals surface area (Å²) in [7, 11) is 1.51. The lowest BCUT2D eigenvalue weighted by atomic mass is 9.82. The molecular formula is C23H29NO2. The minimum atomic E-state index is -0.0620. The highest BCUT2D eigenvalue weighted by atomic mass is 16.5. The number of nitrogens with zero attached hydrogens (tertiary/aromatic N) is 1. The van der Waals surface area contributed by atoms with Gasteiger partial charge in [-0.3, -0.25) is 9.69 Å². The third-order valence-corrected chi connectivity index (χ3v) is 5.65. The van der Waals surface area contributed by atoms with Gasteiger partial charge in [0.25, 0.3) is 0 Å². The fourth-order valence-electron chi connectivity index (χ4n) is 4.19. The Hall–Kier alpha value is -2.13. The molecule has 3 atom stereocenters. The Morgan fingerprint density at radius 2 is 1.65 bits per heavy atom.